The molecule has 0 aliphatic heterocycles. The van der Waals surface area contributed by atoms with Gasteiger partial charge in [0.05, 0.1) is 12.8 Å². The number of benzene rings is 2. The van der Waals surface area contributed by atoms with Crippen molar-refractivity contribution in [3.05, 3.63) is 85.1 Å². The summed E-state index contributed by atoms with van der Waals surface area (Å²) in [5.41, 5.74) is 1.28. The van der Waals surface area contributed by atoms with Crippen LogP contribution in [0.2, 0.25) is 0 Å². The van der Waals surface area contributed by atoms with Crippen molar-refractivity contribution in [3.8, 4) is 5.75 Å². The number of amides is 1. The van der Waals surface area contributed by atoms with Gasteiger partial charge in [-0.15, -0.1) is 6.58 Å². The van der Waals surface area contributed by atoms with Crippen molar-refractivity contribution in [1.29, 1.82) is 0 Å². The van der Waals surface area contributed by atoms with E-state index in [1.807, 2.05) is 75.4 Å². The summed E-state index contributed by atoms with van der Waals surface area (Å²) >= 11 is 0. The zero-order valence-electron chi connectivity index (χ0n) is 17.1. The molecule has 0 saturated heterocycles. The minimum Gasteiger partial charge on any atom is -0.497 e. The van der Waals surface area contributed by atoms with Crippen molar-refractivity contribution in [3.63, 3.8) is 0 Å². The molecule has 0 aromatic heterocycles. The molecule has 0 N–H and O–H groups in total. The summed E-state index contributed by atoms with van der Waals surface area (Å²) in [6.07, 6.45) is 6.00. The van der Waals surface area contributed by atoms with Crippen LogP contribution in [0.3, 0.4) is 0 Å². The third-order valence-corrected chi connectivity index (χ3v) is 4.06. The van der Waals surface area contributed by atoms with Gasteiger partial charge in [0, 0.05) is 12.1 Å². The Balaban J connectivity index is 2.34. The standard InChI is InChI=1S/C24H29NO3/c1-6-10-19(20-11-8-7-9-12-20)17-18-25(23(26)28-24(2,3)4)21-13-15-22(27-5)16-14-21/h6-9,11-19H,1,10H2,2-5H3/b18-17-/t19-/m0/s1. The molecule has 0 saturated carbocycles. The van der Waals surface area contributed by atoms with E-state index in [-0.39, 0.29) is 5.92 Å². The van der Waals surface area contributed by atoms with Gasteiger partial charge in [-0.25, -0.2) is 4.79 Å². The first kappa shape index (κ1) is 21.3. The van der Waals surface area contributed by atoms with Crippen molar-refractivity contribution in [2.24, 2.45) is 0 Å². The number of nitrogens with zero attached hydrogens (tertiary/aromatic N) is 1. The first-order chi connectivity index (χ1) is 13.3. The molecule has 1 atom stereocenters. The Kier molecular flexibility index (Phi) is 7.44. The summed E-state index contributed by atoms with van der Waals surface area (Å²) in [6.45, 7) is 9.42. The highest BCUT2D eigenvalue weighted by molar-refractivity contribution is 5.90. The van der Waals surface area contributed by atoms with Crippen molar-refractivity contribution in [2.45, 2.75) is 38.7 Å². The quantitative estimate of drug-likeness (QED) is 0.529. The number of allylic oxidation sites excluding steroid dienone is 2. The van der Waals surface area contributed by atoms with Crippen molar-refractivity contribution in [1.82, 2.24) is 0 Å². The van der Waals surface area contributed by atoms with Gasteiger partial charge in [-0.2, -0.15) is 0 Å². The van der Waals surface area contributed by atoms with Crippen molar-refractivity contribution in [2.75, 3.05) is 12.0 Å². The van der Waals surface area contributed by atoms with Crippen LogP contribution in [0.15, 0.2) is 79.5 Å². The molecular formula is C24H29NO3. The number of ether oxygens (including phenoxy) is 2. The lowest BCUT2D eigenvalue weighted by Gasteiger charge is -2.25. The molecule has 4 heteroatoms. The minimum atomic E-state index is -0.588. The molecule has 0 aliphatic rings. The molecule has 2 aromatic rings. The molecule has 0 spiro atoms. The second-order valence-electron chi connectivity index (χ2n) is 7.43. The summed E-state index contributed by atoms with van der Waals surface area (Å²) in [4.78, 5) is 14.3. The normalized spacial score (nSPS) is 12.4. The third-order valence-electron chi connectivity index (χ3n) is 4.06. The van der Waals surface area contributed by atoms with Crippen LogP contribution in [0.4, 0.5) is 10.5 Å². The summed E-state index contributed by atoms with van der Waals surface area (Å²) < 4.78 is 10.8. The Morgan fingerprint density at radius 1 is 1.11 bits per heavy atom. The number of hydrogen-bond acceptors (Lipinski definition) is 3. The minimum absolute atomic E-state index is 0.113. The van der Waals surface area contributed by atoms with Crippen LogP contribution in [-0.2, 0) is 4.74 Å². The van der Waals surface area contributed by atoms with E-state index in [1.165, 1.54) is 4.90 Å². The average Bonchev–Trinajstić information content (AvgIpc) is 2.67. The molecule has 28 heavy (non-hydrogen) atoms. The predicted octanol–water partition coefficient (Wildman–Crippen LogP) is 6.31. The van der Waals surface area contributed by atoms with Gasteiger partial charge in [0.25, 0.3) is 0 Å². The molecule has 0 aliphatic carbocycles. The largest absolute Gasteiger partial charge is 0.497 e. The molecule has 2 aromatic carbocycles. The molecule has 0 heterocycles. The Morgan fingerprint density at radius 2 is 1.75 bits per heavy atom. The number of carbonyl (C=O) groups excluding carboxylic acids is 1. The van der Waals surface area contributed by atoms with Gasteiger partial charge in [-0.3, -0.25) is 4.90 Å². The van der Waals surface area contributed by atoms with E-state index in [1.54, 1.807) is 13.3 Å². The van der Waals surface area contributed by atoms with Crippen LogP contribution in [0, 0.1) is 0 Å². The number of rotatable bonds is 7. The fourth-order valence-electron chi connectivity index (χ4n) is 2.70. The van der Waals surface area contributed by atoms with E-state index >= 15 is 0 Å². The molecule has 0 bridgehead atoms. The topological polar surface area (TPSA) is 38.8 Å². The maximum atomic E-state index is 12.8. The molecule has 0 radical (unpaired) electrons. The molecule has 4 nitrogen and oxygen atoms in total. The van der Waals surface area contributed by atoms with Gasteiger partial charge in [0.15, 0.2) is 0 Å². The highest BCUT2D eigenvalue weighted by Crippen LogP contribution is 2.25. The predicted molar refractivity (Wildman–Crippen MR) is 115 cm³/mol. The molecule has 0 unspecified atom stereocenters. The monoisotopic (exact) mass is 379 g/mol. The van der Waals surface area contributed by atoms with Crippen LogP contribution in [0.1, 0.15) is 38.7 Å². The van der Waals surface area contributed by atoms with E-state index in [4.69, 9.17) is 9.47 Å². The van der Waals surface area contributed by atoms with E-state index < -0.39 is 11.7 Å². The van der Waals surface area contributed by atoms with Crippen LogP contribution < -0.4 is 9.64 Å². The van der Waals surface area contributed by atoms with Gasteiger partial charge in [0.1, 0.15) is 11.4 Å². The fraction of sp³-hybridized carbons (Fsp3) is 0.292. The first-order valence-corrected chi connectivity index (χ1v) is 9.34. The smallest absolute Gasteiger partial charge is 0.418 e. The Labute approximate surface area is 168 Å². The molecule has 1 amide bonds. The summed E-state index contributed by atoms with van der Waals surface area (Å²) in [5, 5.41) is 0. The Morgan fingerprint density at radius 3 is 2.29 bits per heavy atom. The fourth-order valence-corrected chi connectivity index (χ4v) is 2.70. The summed E-state index contributed by atoms with van der Waals surface area (Å²) in [6, 6.07) is 17.5. The Hall–Kier alpha value is -3.01. The molecular weight excluding hydrogens is 350 g/mol. The van der Waals surface area contributed by atoms with Crippen LogP contribution in [0.5, 0.6) is 5.75 Å². The van der Waals surface area contributed by atoms with Crippen LogP contribution >= 0.6 is 0 Å². The molecule has 2 rings (SSSR count). The lowest BCUT2D eigenvalue weighted by atomic mass is 9.96. The zero-order chi connectivity index (χ0) is 20.6. The molecule has 148 valence electrons. The van der Waals surface area contributed by atoms with E-state index in [0.29, 0.717) is 5.69 Å². The van der Waals surface area contributed by atoms with E-state index in [2.05, 4.69) is 18.7 Å². The number of hydrogen-bond donors (Lipinski definition) is 0. The van der Waals surface area contributed by atoms with Gasteiger partial charge in [-0.1, -0.05) is 42.5 Å². The van der Waals surface area contributed by atoms with E-state index in [0.717, 1.165) is 17.7 Å². The maximum Gasteiger partial charge on any atom is 0.418 e. The number of anilines is 1. The van der Waals surface area contributed by atoms with Crippen molar-refractivity contribution < 1.29 is 14.3 Å². The highest BCUT2D eigenvalue weighted by Gasteiger charge is 2.22. The number of carbonyl (C=O) groups is 1. The summed E-state index contributed by atoms with van der Waals surface area (Å²) in [5.74, 6) is 0.840. The molecule has 0 fully saturated rings. The third kappa shape index (κ3) is 6.31. The SMILES string of the molecule is C=CC[C@@H](/C=C\N(C(=O)OC(C)(C)C)c1ccc(OC)cc1)c1ccccc1. The van der Waals surface area contributed by atoms with Gasteiger partial charge < -0.3 is 9.47 Å². The van der Waals surface area contributed by atoms with Crippen LogP contribution in [-0.4, -0.2) is 18.8 Å². The lowest BCUT2D eigenvalue weighted by Crippen LogP contribution is -2.33. The number of methoxy groups -OCH3 is 1. The summed E-state index contributed by atoms with van der Waals surface area (Å²) in [7, 11) is 1.61. The van der Waals surface area contributed by atoms with Gasteiger partial charge in [-0.05, 0) is 57.0 Å². The highest BCUT2D eigenvalue weighted by atomic mass is 16.6. The second kappa shape index (κ2) is 9.79. The average molecular weight is 380 g/mol. The lowest BCUT2D eigenvalue weighted by molar-refractivity contribution is 0.0596. The van der Waals surface area contributed by atoms with Crippen molar-refractivity contribution >= 4 is 11.8 Å². The second-order valence-corrected chi connectivity index (χ2v) is 7.43. The Bertz CT molecular complexity index is 789. The first-order valence-electron chi connectivity index (χ1n) is 9.34. The van der Waals surface area contributed by atoms with Crippen LogP contribution in [0.25, 0.3) is 0 Å². The zero-order valence-corrected chi connectivity index (χ0v) is 17.1. The van der Waals surface area contributed by atoms with Gasteiger partial charge >= 0.3 is 6.09 Å². The van der Waals surface area contributed by atoms with Gasteiger partial charge in [0.2, 0.25) is 0 Å². The van der Waals surface area contributed by atoms with E-state index in [9.17, 15) is 4.79 Å². The maximum absolute atomic E-state index is 12.8.